The van der Waals surface area contributed by atoms with Gasteiger partial charge in [0.15, 0.2) is 5.96 Å². The molecule has 2 N–H and O–H groups in total. The van der Waals surface area contributed by atoms with Gasteiger partial charge >= 0.3 is 0 Å². The summed E-state index contributed by atoms with van der Waals surface area (Å²) < 4.78 is 0. The van der Waals surface area contributed by atoms with E-state index >= 15 is 0 Å². The van der Waals surface area contributed by atoms with Gasteiger partial charge in [0.2, 0.25) is 0 Å². The van der Waals surface area contributed by atoms with Crippen molar-refractivity contribution in [1.29, 1.82) is 0 Å². The van der Waals surface area contributed by atoms with Crippen molar-refractivity contribution in [3.8, 4) is 0 Å². The molecule has 3 unspecified atom stereocenters. The van der Waals surface area contributed by atoms with Crippen LogP contribution in [0.4, 0.5) is 0 Å². The lowest BCUT2D eigenvalue weighted by Gasteiger charge is -2.47. The summed E-state index contributed by atoms with van der Waals surface area (Å²) in [5, 5.41) is 0. The van der Waals surface area contributed by atoms with Crippen molar-refractivity contribution >= 4 is 5.96 Å². The normalized spacial score (nSPS) is 43.1. The number of likely N-dealkylation sites (N-methyl/N-ethyl adjacent to an activating group) is 1. The summed E-state index contributed by atoms with van der Waals surface area (Å²) in [4.78, 5) is 6.61. The molecule has 0 radical (unpaired) electrons. The maximum atomic E-state index is 5.87. The standard InChI is InChI=1S/C11H21N3/c1-8-5-4-6-11(9(8)2)7-13-10(12)14(11)3/h8-9H,4-7H2,1-3H3,(H2,12,13). The molecular weight excluding hydrogens is 174 g/mol. The maximum absolute atomic E-state index is 5.87. The lowest BCUT2D eigenvalue weighted by molar-refractivity contribution is 0.0628. The zero-order valence-electron chi connectivity index (χ0n) is 9.45. The summed E-state index contributed by atoms with van der Waals surface area (Å²) in [5.74, 6) is 2.23. The van der Waals surface area contributed by atoms with Crippen LogP contribution in [0.15, 0.2) is 4.99 Å². The highest BCUT2D eigenvalue weighted by atomic mass is 15.3. The zero-order chi connectivity index (χ0) is 10.3. The number of guanidine groups is 1. The molecule has 2 rings (SSSR count). The molecule has 1 fully saturated rings. The smallest absolute Gasteiger partial charge is 0.191 e. The third-order valence-electron chi connectivity index (χ3n) is 4.50. The van der Waals surface area contributed by atoms with Gasteiger partial charge < -0.3 is 10.6 Å². The molecule has 0 aromatic rings. The highest BCUT2D eigenvalue weighted by Gasteiger charge is 2.47. The summed E-state index contributed by atoms with van der Waals surface area (Å²) in [7, 11) is 2.10. The molecule has 1 aliphatic carbocycles. The number of nitrogens with two attached hydrogens (primary N) is 1. The predicted molar refractivity (Wildman–Crippen MR) is 59.2 cm³/mol. The average Bonchev–Trinajstić information content (AvgIpc) is 2.44. The molecule has 3 heteroatoms. The van der Waals surface area contributed by atoms with E-state index in [1.807, 2.05) is 0 Å². The number of nitrogens with zero attached hydrogens (tertiary/aromatic N) is 2. The van der Waals surface area contributed by atoms with E-state index in [4.69, 9.17) is 5.73 Å². The first-order chi connectivity index (χ1) is 6.58. The van der Waals surface area contributed by atoms with Gasteiger partial charge in [-0.25, -0.2) is 0 Å². The third-order valence-corrected chi connectivity index (χ3v) is 4.50. The third kappa shape index (κ3) is 1.14. The van der Waals surface area contributed by atoms with E-state index in [1.54, 1.807) is 0 Å². The van der Waals surface area contributed by atoms with E-state index in [0.29, 0.717) is 5.92 Å². The summed E-state index contributed by atoms with van der Waals surface area (Å²) in [5.41, 5.74) is 6.11. The highest BCUT2D eigenvalue weighted by molar-refractivity contribution is 5.80. The summed E-state index contributed by atoms with van der Waals surface area (Å²) in [6, 6.07) is 0. The maximum Gasteiger partial charge on any atom is 0.191 e. The van der Waals surface area contributed by atoms with Gasteiger partial charge in [0.1, 0.15) is 0 Å². The fourth-order valence-electron chi connectivity index (χ4n) is 3.09. The van der Waals surface area contributed by atoms with Gasteiger partial charge in [0.25, 0.3) is 0 Å². The van der Waals surface area contributed by atoms with Gasteiger partial charge in [-0.05, 0) is 18.3 Å². The van der Waals surface area contributed by atoms with Crippen LogP contribution in [-0.4, -0.2) is 30.0 Å². The Morgan fingerprint density at radius 2 is 2.21 bits per heavy atom. The largest absolute Gasteiger partial charge is 0.370 e. The van der Waals surface area contributed by atoms with Crippen molar-refractivity contribution in [2.75, 3.05) is 13.6 Å². The Balaban J connectivity index is 2.24. The first-order valence-corrected chi connectivity index (χ1v) is 5.62. The Labute approximate surface area is 86.4 Å². The number of aliphatic imine (C=N–C) groups is 1. The van der Waals surface area contributed by atoms with E-state index in [9.17, 15) is 0 Å². The van der Waals surface area contributed by atoms with Crippen LogP contribution in [0.25, 0.3) is 0 Å². The molecule has 1 aliphatic heterocycles. The first-order valence-electron chi connectivity index (χ1n) is 5.62. The van der Waals surface area contributed by atoms with E-state index in [0.717, 1.165) is 18.4 Å². The van der Waals surface area contributed by atoms with E-state index in [1.165, 1.54) is 19.3 Å². The molecule has 3 nitrogen and oxygen atoms in total. The fraction of sp³-hybridized carbons (Fsp3) is 0.909. The van der Waals surface area contributed by atoms with Crippen molar-refractivity contribution in [1.82, 2.24) is 4.90 Å². The average molecular weight is 195 g/mol. The van der Waals surface area contributed by atoms with Crippen molar-refractivity contribution in [3.05, 3.63) is 0 Å². The van der Waals surface area contributed by atoms with Crippen molar-refractivity contribution in [2.24, 2.45) is 22.6 Å². The van der Waals surface area contributed by atoms with Gasteiger partial charge in [-0.3, -0.25) is 4.99 Å². The van der Waals surface area contributed by atoms with E-state index < -0.39 is 0 Å². The van der Waals surface area contributed by atoms with Gasteiger partial charge in [-0.1, -0.05) is 26.7 Å². The Morgan fingerprint density at radius 1 is 1.50 bits per heavy atom. The fourth-order valence-corrected chi connectivity index (χ4v) is 3.09. The van der Waals surface area contributed by atoms with Gasteiger partial charge in [0, 0.05) is 7.05 Å². The Morgan fingerprint density at radius 3 is 2.79 bits per heavy atom. The van der Waals surface area contributed by atoms with Crippen LogP contribution in [0.5, 0.6) is 0 Å². The summed E-state index contributed by atoms with van der Waals surface area (Å²) >= 11 is 0. The molecule has 3 atom stereocenters. The molecule has 1 heterocycles. The number of hydrogen-bond acceptors (Lipinski definition) is 3. The Bertz CT molecular complexity index is 261. The molecule has 0 saturated heterocycles. The minimum atomic E-state index is 0.238. The Hall–Kier alpha value is -0.730. The minimum absolute atomic E-state index is 0.238. The topological polar surface area (TPSA) is 41.6 Å². The summed E-state index contributed by atoms with van der Waals surface area (Å²) in [6.07, 6.45) is 3.93. The SMILES string of the molecule is CC1CCCC2(CN=C(N)N2C)C1C. The molecule has 1 spiro atoms. The van der Waals surface area contributed by atoms with Crippen LogP contribution in [0, 0.1) is 11.8 Å². The molecular formula is C11H21N3. The first kappa shape index (κ1) is 9.81. The zero-order valence-corrected chi connectivity index (χ0v) is 9.45. The number of rotatable bonds is 0. The van der Waals surface area contributed by atoms with Crippen LogP contribution in [0.1, 0.15) is 33.1 Å². The van der Waals surface area contributed by atoms with Crippen molar-refractivity contribution < 1.29 is 0 Å². The van der Waals surface area contributed by atoms with Crippen LogP contribution in [0.2, 0.25) is 0 Å². The van der Waals surface area contributed by atoms with Gasteiger partial charge in [-0.2, -0.15) is 0 Å². The second kappa shape index (κ2) is 3.14. The van der Waals surface area contributed by atoms with Gasteiger partial charge in [-0.15, -0.1) is 0 Å². The lowest BCUT2D eigenvalue weighted by Crippen LogP contribution is -2.56. The van der Waals surface area contributed by atoms with E-state index in [2.05, 4.69) is 30.8 Å². The van der Waals surface area contributed by atoms with E-state index in [-0.39, 0.29) is 5.54 Å². The van der Waals surface area contributed by atoms with Crippen LogP contribution < -0.4 is 5.73 Å². The molecule has 0 aromatic heterocycles. The Kier molecular flexibility index (Phi) is 2.20. The molecule has 0 amide bonds. The minimum Gasteiger partial charge on any atom is -0.370 e. The highest BCUT2D eigenvalue weighted by Crippen LogP contribution is 2.43. The molecule has 2 aliphatic rings. The van der Waals surface area contributed by atoms with Crippen molar-refractivity contribution in [2.45, 2.75) is 38.6 Å². The predicted octanol–water partition coefficient (Wildman–Crippen LogP) is 1.44. The van der Waals surface area contributed by atoms with Gasteiger partial charge in [0.05, 0.1) is 12.1 Å². The summed E-state index contributed by atoms with van der Waals surface area (Å²) in [6.45, 7) is 5.61. The monoisotopic (exact) mass is 195 g/mol. The van der Waals surface area contributed by atoms with Crippen LogP contribution in [-0.2, 0) is 0 Å². The second-order valence-corrected chi connectivity index (χ2v) is 5.00. The van der Waals surface area contributed by atoms with Crippen LogP contribution in [0.3, 0.4) is 0 Å². The molecule has 0 bridgehead atoms. The second-order valence-electron chi connectivity index (χ2n) is 5.00. The lowest BCUT2D eigenvalue weighted by atomic mass is 9.68. The molecule has 1 saturated carbocycles. The molecule has 80 valence electrons. The number of hydrogen-bond donors (Lipinski definition) is 1. The molecule has 14 heavy (non-hydrogen) atoms. The van der Waals surface area contributed by atoms with Crippen LogP contribution >= 0.6 is 0 Å². The quantitative estimate of drug-likeness (QED) is 0.635. The molecule has 0 aromatic carbocycles. The van der Waals surface area contributed by atoms with Crippen molar-refractivity contribution in [3.63, 3.8) is 0 Å².